The van der Waals surface area contributed by atoms with E-state index >= 15 is 0 Å². The Morgan fingerprint density at radius 2 is 1.82 bits per heavy atom. The summed E-state index contributed by atoms with van der Waals surface area (Å²) in [7, 11) is 1.68. The SMILES string of the molecule is CN(Cc1ccc(C#N)cc1)C(=O)COc1ccc(F)cc1. The summed E-state index contributed by atoms with van der Waals surface area (Å²) in [6.07, 6.45) is 0. The van der Waals surface area contributed by atoms with E-state index in [2.05, 4.69) is 0 Å². The van der Waals surface area contributed by atoms with E-state index in [1.165, 1.54) is 29.2 Å². The Morgan fingerprint density at radius 1 is 1.18 bits per heavy atom. The van der Waals surface area contributed by atoms with Crippen LogP contribution >= 0.6 is 0 Å². The van der Waals surface area contributed by atoms with Crippen molar-refractivity contribution in [2.45, 2.75) is 6.54 Å². The minimum absolute atomic E-state index is 0.113. The van der Waals surface area contributed by atoms with Crippen molar-refractivity contribution in [1.82, 2.24) is 4.90 Å². The molecule has 1 amide bonds. The van der Waals surface area contributed by atoms with Crippen molar-refractivity contribution in [2.75, 3.05) is 13.7 Å². The minimum Gasteiger partial charge on any atom is -0.484 e. The fourth-order valence-corrected chi connectivity index (χ4v) is 1.83. The fraction of sp³-hybridized carbons (Fsp3) is 0.176. The van der Waals surface area contributed by atoms with Crippen molar-refractivity contribution in [2.24, 2.45) is 0 Å². The topological polar surface area (TPSA) is 53.3 Å². The summed E-state index contributed by atoms with van der Waals surface area (Å²) in [6, 6.07) is 14.6. The van der Waals surface area contributed by atoms with Gasteiger partial charge in [-0.1, -0.05) is 12.1 Å². The number of hydrogen-bond acceptors (Lipinski definition) is 3. The molecule has 5 heteroatoms. The number of halogens is 1. The Labute approximate surface area is 128 Å². The molecule has 0 saturated carbocycles. The van der Waals surface area contributed by atoms with Crippen LogP contribution in [0.15, 0.2) is 48.5 Å². The zero-order valence-electron chi connectivity index (χ0n) is 12.1. The van der Waals surface area contributed by atoms with E-state index in [4.69, 9.17) is 10.00 Å². The Kier molecular flexibility index (Phi) is 5.10. The van der Waals surface area contributed by atoms with Crippen molar-refractivity contribution >= 4 is 5.91 Å². The van der Waals surface area contributed by atoms with Crippen LogP contribution < -0.4 is 4.74 Å². The van der Waals surface area contributed by atoms with Gasteiger partial charge in [-0.2, -0.15) is 5.26 Å². The third-order valence-corrected chi connectivity index (χ3v) is 3.10. The predicted molar refractivity (Wildman–Crippen MR) is 79.5 cm³/mol. The van der Waals surface area contributed by atoms with Gasteiger partial charge in [0.1, 0.15) is 11.6 Å². The van der Waals surface area contributed by atoms with Gasteiger partial charge >= 0.3 is 0 Å². The van der Waals surface area contributed by atoms with E-state index < -0.39 is 0 Å². The van der Waals surface area contributed by atoms with Crippen molar-refractivity contribution in [1.29, 1.82) is 5.26 Å². The molecule has 0 atom stereocenters. The molecule has 2 aromatic rings. The van der Waals surface area contributed by atoms with Gasteiger partial charge < -0.3 is 9.64 Å². The molecule has 4 nitrogen and oxygen atoms in total. The summed E-state index contributed by atoms with van der Waals surface area (Å²) in [4.78, 5) is 13.5. The Hall–Kier alpha value is -2.87. The molecule has 0 aliphatic rings. The average Bonchev–Trinajstić information content (AvgIpc) is 2.54. The van der Waals surface area contributed by atoms with Crippen LogP contribution in [0.5, 0.6) is 5.75 Å². The van der Waals surface area contributed by atoms with Crippen LogP contribution in [0, 0.1) is 17.1 Å². The highest BCUT2D eigenvalue weighted by atomic mass is 19.1. The maximum atomic E-state index is 12.8. The number of carbonyl (C=O) groups is 1. The second-order valence-electron chi connectivity index (χ2n) is 4.80. The lowest BCUT2D eigenvalue weighted by atomic mass is 10.1. The standard InChI is InChI=1S/C17H15FN2O2/c1-20(11-14-4-2-13(10-19)3-5-14)17(21)12-22-16-8-6-15(18)7-9-16/h2-9H,11-12H2,1H3. The Morgan fingerprint density at radius 3 is 2.41 bits per heavy atom. The van der Waals surface area contributed by atoms with Crippen LogP contribution in [-0.2, 0) is 11.3 Å². The summed E-state index contributed by atoms with van der Waals surface area (Å²) >= 11 is 0. The molecule has 0 radical (unpaired) electrons. The van der Waals surface area contributed by atoms with Crippen molar-refractivity contribution in [3.05, 3.63) is 65.5 Å². The van der Waals surface area contributed by atoms with Crippen LogP contribution in [0.3, 0.4) is 0 Å². The minimum atomic E-state index is -0.350. The molecular weight excluding hydrogens is 283 g/mol. The first kappa shape index (κ1) is 15.5. The number of amides is 1. The number of ether oxygens (including phenoxy) is 1. The molecule has 22 heavy (non-hydrogen) atoms. The Balaban J connectivity index is 1.86. The summed E-state index contributed by atoms with van der Waals surface area (Å²) in [5.41, 5.74) is 1.51. The third kappa shape index (κ3) is 4.32. The van der Waals surface area contributed by atoms with Gasteiger partial charge in [-0.25, -0.2) is 4.39 Å². The molecule has 0 N–H and O–H groups in total. The number of likely N-dealkylation sites (N-methyl/N-ethyl adjacent to an activating group) is 1. The maximum absolute atomic E-state index is 12.8. The number of benzene rings is 2. The van der Waals surface area contributed by atoms with Gasteiger partial charge in [-0.15, -0.1) is 0 Å². The largest absolute Gasteiger partial charge is 0.484 e. The zero-order chi connectivity index (χ0) is 15.9. The van der Waals surface area contributed by atoms with Crippen LogP contribution in [0.4, 0.5) is 4.39 Å². The molecule has 2 rings (SSSR count). The van der Waals surface area contributed by atoms with E-state index in [0.29, 0.717) is 17.9 Å². The van der Waals surface area contributed by atoms with Crippen LogP contribution in [0.25, 0.3) is 0 Å². The maximum Gasteiger partial charge on any atom is 0.260 e. The van der Waals surface area contributed by atoms with E-state index in [1.807, 2.05) is 18.2 Å². The number of rotatable bonds is 5. The average molecular weight is 298 g/mol. The molecule has 0 bridgehead atoms. The molecule has 0 saturated heterocycles. The van der Waals surface area contributed by atoms with Crippen molar-refractivity contribution in [3.8, 4) is 11.8 Å². The molecular formula is C17H15FN2O2. The van der Waals surface area contributed by atoms with E-state index in [9.17, 15) is 9.18 Å². The van der Waals surface area contributed by atoms with Gasteiger partial charge in [0.15, 0.2) is 6.61 Å². The highest BCUT2D eigenvalue weighted by molar-refractivity contribution is 5.77. The summed E-state index contributed by atoms with van der Waals surface area (Å²) in [5, 5.41) is 8.74. The van der Waals surface area contributed by atoms with Gasteiger partial charge in [0.05, 0.1) is 11.6 Å². The summed E-state index contributed by atoms with van der Waals surface area (Å²) < 4.78 is 18.1. The van der Waals surface area contributed by atoms with E-state index in [0.717, 1.165) is 5.56 Å². The highest BCUT2D eigenvalue weighted by Gasteiger charge is 2.10. The van der Waals surface area contributed by atoms with Gasteiger partial charge in [0, 0.05) is 13.6 Å². The highest BCUT2D eigenvalue weighted by Crippen LogP contribution is 2.11. The Bertz CT molecular complexity index is 675. The number of carbonyl (C=O) groups excluding carboxylic acids is 1. The zero-order valence-corrected chi connectivity index (χ0v) is 12.1. The van der Waals surface area contributed by atoms with Gasteiger partial charge in [-0.05, 0) is 42.0 Å². The number of nitriles is 1. The molecule has 0 aliphatic heterocycles. The normalized spacial score (nSPS) is 9.86. The van der Waals surface area contributed by atoms with E-state index in [1.54, 1.807) is 19.2 Å². The van der Waals surface area contributed by atoms with E-state index in [-0.39, 0.29) is 18.3 Å². The van der Waals surface area contributed by atoms with Gasteiger partial charge in [0.25, 0.3) is 5.91 Å². The summed E-state index contributed by atoms with van der Waals surface area (Å²) in [5.74, 6) is -0.0909. The molecule has 0 fully saturated rings. The smallest absolute Gasteiger partial charge is 0.260 e. The molecule has 0 aromatic heterocycles. The van der Waals surface area contributed by atoms with Crippen molar-refractivity contribution in [3.63, 3.8) is 0 Å². The summed E-state index contributed by atoms with van der Waals surface area (Å²) in [6.45, 7) is 0.315. The molecule has 2 aromatic carbocycles. The first-order valence-corrected chi connectivity index (χ1v) is 6.70. The van der Waals surface area contributed by atoms with Gasteiger partial charge in [0.2, 0.25) is 0 Å². The first-order valence-electron chi connectivity index (χ1n) is 6.70. The van der Waals surface area contributed by atoms with Gasteiger partial charge in [-0.3, -0.25) is 4.79 Å². The monoisotopic (exact) mass is 298 g/mol. The lowest BCUT2D eigenvalue weighted by Gasteiger charge is -2.17. The first-order chi connectivity index (χ1) is 10.6. The lowest BCUT2D eigenvalue weighted by molar-refractivity contribution is -0.132. The number of nitrogens with zero attached hydrogens (tertiary/aromatic N) is 2. The van der Waals surface area contributed by atoms with Crippen molar-refractivity contribution < 1.29 is 13.9 Å². The second kappa shape index (κ2) is 7.23. The predicted octanol–water partition coefficient (Wildman–Crippen LogP) is 2.73. The fourth-order valence-electron chi connectivity index (χ4n) is 1.83. The molecule has 112 valence electrons. The van der Waals surface area contributed by atoms with Crippen LogP contribution in [0.2, 0.25) is 0 Å². The molecule has 0 aliphatic carbocycles. The quantitative estimate of drug-likeness (QED) is 0.853. The second-order valence-corrected chi connectivity index (χ2v) is 4.80. The molecule has 0 heterocycles. The lowest BCUT2D eigenvalue weighted by Crippen LogP contribution is -2.30. The number of hydrogen-bond donors (Lipinski definition) is 0. The van der Waals surface area contributed by atoms with Crippen LogP contribution in [-0.4, -0.2) is 24.5 Å². The molecule has 0 spiro atoms. The third-order valence-electron chi connectivity index (χ3n) is 3.10. The molecule has 0 unspecified atom stereocenters. The van der Waals surface area contributed by atoms with Crippen LogP contribution in [0.1, 0.15) is 11.1 Å².